The van der Waals surface area contributed by atoms with Crippen LogP contribution >= 0.6 is 14.7 Å². The highest BCUT2D eigenvalue weighted by Crippen LogP contribution is 2.67. The molecule has 0 bridgehead atoms. The molecule has 0 heterocycles. The van der Waals surface area contributed by atoms with Gasteiger partial charge in [0.1, 0.15) is 0 Å². The predicted molar refractivity (Wildman–Crippen MR) is 166 cm³/mol. The minimum Gasteiger partial charge on any atom is -0.464 e. The summed E-state index contributed by atoms with van der Waals surface area (Å²) in [5.74, 6) is -1.55. The Morgan fingerprint density at radius 2 is 0.738 bits per heavy atom. The van der Waals surface area contributed by atoms with E-state index in [1.165, 1.54) is 0 Å². The first kappa shape index (κ1) is 34.2. The number of esters is 2. The van der Waals surface area contributed by atoms with E-state index in [1.807, 2.05) is 0 Å². The molecule has 0 amide bonds. The van der Waals surface area contributed by atoms with Crippen LogP contribution in [0.15, 0.2) is 0 Å². The van der Waals surface area contributed by atoms with Crippen LogP contribution in [0.5, 0.6) is 0 Å². The van der Waals surface area contributed by atoms with Crippen molar-refractivity contribution in [3.63, 3.8) is 0 Å². The largest absolute Gasteiger partial charge is 0.464 e. The molecular formula is C32H56O8P2. The first-order valence-corrected chi connectivity index (χ1v) is 20.7. The molecule has 4 saturated carbocycles. The zero-order valence-electron chi connectivity index (χ0n) is 26.2. The number of rotatable bonds is 13. The standard InChI is InChI=1S/C32H56O8P2/c1-3-37-31(33)29(39-41(35,25-17-9-5-10-18-25)26-19-11-6-12-20-26)30(32(34)38-4-2)40-42(36,27-21-13-7-14-22-27)28-23-15-8-16-24-28/h25-30H,3-24H2,1-2H3/t29-,30-/m1/s1. The summed E-state index contributed by atoms with van der Waals surface area (Å²) in [4.78, 5) is 27.5. The van der Waals surface area contributed by atoms with Crippen LogP contribution in [0.3, 0.4) is 0 Å². The highest BCUT2D eigenvalue weighted by atomic mass is 31.2. The zero-order valence-corrected chi connectivity index (χ0v) is 28.0. The lowest BCUT2D eigenvalue weighted by Crippen LogP contribution is -2.47. The van der Waals surface area contributed by atoms with Gasteiger partial charge in [-0.25, -0.2) is 9.59 Å². The molecule has 42 heavy (non-hydrogen) atoms. The molecule has 0 saturated heterocycles. The zero-order chi connectivity index (χ0) is 30.0. The average Bonchev–Trinajstić information content (AvgIpc) is 3.04. The summed E-state index contributed by atoms with van der Waals surface area (Å²) < 4.78 is 54.6. The first-order chi connectivity index (χ1) is 20.3. The highest BCUT2D eigenvalue weighted by Gasteiger charge is 2.53. The third kappa shape index (κ3) is 8.32. The number of ether oxygens (including phenoxy) is 2. The lowest BCUT2D eigenvalue weighted by molar-refractivity contribution is -0.168. The van der Waals surface area contributed by atoms with Crippen molar-refractivity contribution >= 4 is 26.7 Å². The maximum Gasteiger partial charge on any atom is 0.339 e. The summed E-state index contributed by atoms with van der Waals surface area (Å²) in [6, 6.07) is 0. The summed E-state index contributed by atoms with van der Waals surface area (Å²) in [5, 5.41) is 0. The van der Waals surface area contributed by atoms with Gasteiger partial charge in [-0.05, 0) is 65.2 Å². The molecule has 2 atom stereocenters. The molecule has 0 aromatic carbocycles. The fraction of sp³-hybridized carbons (Fsp3) is 0.938. The third-order valence-corrected chi connectivity index (χ3v) is 17.5. The van der Waals surface area contributed by atoms with Gasteiger partial charge in [-0.3, -0.25) is 9.13 Å². The number of carbonyl (C=O) groups is 2. The number of hydrogen-bond acceptors (Lipinski definition) is 8. The second-order valence-corrected chi connectivity index (χ2v) is 18.9. The Morgan fingerprint density at radius 1 is 0.500 bits per heavy atom. The van der Waals surface area contributed by atoms with E-state index in [-0.39, 0.29) is 35.8 Å². The second-order valence-electron chi connectivity index (χ2n) is 13.0. The Balaban J connectivity index is 1.74. The van der Waals surface area contributed by atoms with Crippen LogP contribution in [0, 0.1) is 0 Å². The van der Waals surface area contributed by atoms with Crippen molar-refractivity contribution < 1.29 is 37.2 Å². The van der Waals surface area contributed by atoms with E-state index in [0.29, 0.717) is 0 Å². The lowest BCUT2D eigenvalue weighted by Gasteiger charge is -2.42. The smallest absolute Gasteiger partial charge is 0.339 e. The van der Waals surface area contributed by atoms with Gasteiger partial charge in [0.05, 0.1) is 13.2 Å². The molecule has 0 spiro atoms. The molecule has 8 nitrogen and oxygen atoms in total. The Labute approximate surface area is 254 Å². The van der Waals surface area contributed by atoms with Crippen LogP contribution in [0.4, 0.5) is 0 Å². The van der Waals surface area contributed by atoms with Crippen molar-refractivity contribution in [3.05, 3.63) is 0 Å². The molecule has 0 aromatic heterocycles. The topological polar surface area (TPSA) is 105 Å². The van der Waals surface area contributed by atoms with Gasteiger partial charge in [0.2, 0.25) is 14.7 Å². The SMILES string of the molecule is CCOC(=O)[C@H](OP(=O)(C1CCCCC1)C1CCCCC1)[C@@H](OP(=O)(C1CCCCC1)C1CCCCC1)C(=O)OCC. The van der Waals surface area contributed by atoms with Crippen LogP contribution in [-0.4, -0.2) is 60.0 Å². The second kappa shape index (κ2) is 16.6. The van der Waals surface area contributed by atoms with Gasteiger partial charge in [-0.15, -0.1) is 0 Å². The van der Waals surface area contributed by atoms with Gasteiger partial charge in [-0.1, -0.05) is 77.0 Å². The van der Waals surface area contributed by atoms with Crippen molar-refractivity contribution in [2.45, 2.75) is 177 Å². The third-order valence-electron chi connectivity index (χ3n) is 10.2. The molecule has 0 unspecified atom stereocenters. The summed E-state index contributed by atoms with van der Waals surface area (Å²) in [7, 11) is -6.85. The van der Waals surface area contributed by atoms with Crippen molar-refractivity contribution in [3.8, 4) is 0 Å². The molecule has 4 rings (SSSR count). The Bertz CT molecular complexity index is 826. The first-order valence-electron chi connectivity index (χ1n) is 17.2. The van der Waals surface area contributed by atoms with Crippen LogP contribution in [0.25, 0.3) is 0 Å². The Morgan fingerprint density at radius 3 is 0.952 bits per heavy atom. The Hall–Kier alpha value is -0.680. The fourth-order valence-electron chi connectivity index (χ4n) is 7.95. The van der Waals surface area contributed by atoms with Crippen molar-refractivity contribution in [2.75, 3.05) is 13.2 Å². The maximum absolute atomic E-state index is 15.2. The minimum absolute atomic E-state index is 0.0777. The fourth-order valence-corrected chi connectivity index (χ4v) is 15.3. The van der Waals surface area contributed by atoms with Gasteiger partial charge in [0, 0.05) is 22.6 Å². The molecule has 0 aliphatic heterocycles. The summed E-state index contributed by atoms with van der Waals surface area (Å²) in [6.45, 7) is 3.56. The van der Waals surface area contributed by atoms with Gasteiger partial charge >= 0.3 is 11.9 Å². The van der Waals surface area contributed by atoms with E-state index in [4.69, 9.17) is 18.5 Å². The van der Waals surface area contributed by atoms with E-state index in [2.05, 4.69) is 0 Å². The van der Waals surface area contributed by atoms with E-state index >= 15 is 9.13 Å². The molecule has 10 heteroatoms. The molecule has 4 aliphatic rings. The lowest BCUT2D eigenvalue weighted by atomic mass is 10.00. The minimum atomic E-state index is -3.42. The summed E-state index contributed by atoms with van der Waals surface area (Å²) >= 11 is 0. The quantitative estimate of drug-likeness (QED) is 0.147. The van der Waals surface area contributed by atoms with Crippen LogP contribution < -0.4 is 0 Å². The molecule has 0 N–H and O–H groups in total. The van der Waals surface area contributed by atoms with Gasteiger partial charge in [0.25, 0.3) is 0 Å². The van der Waals surface area contributed by atoms with Crippen molar-refractivity contribution in [1.82, 2.24) is 0 Å². The normalized spacial score (nSPS) is 24.1. The van der Waals surface area contributed by atoms with E-state index < -0.39 is 38.9 Å². The highest BCUT2D eigenvalue weighted by molar-refractivity contribution is 7.61. The van der Waals surface area contributed by atoms with Crippen LogP contribution in [0.2, 0.25) is 0 Å². The predicted octanol–water partition coefficient (Wildman–Crippen LogP) is 8.77. The molecule has 4 aliphatic carbocycles. The molecule has 242 valence electrons. The number of hydrogen-bond donors (Lipinski definition) is 0. The maximum atomic E-state index is 15.2. The molecule has 4 fully saturated rings. The van der Waals surface area contributed by atoms with Crippen molar-refractivity contribution in [2.24, 2.45) is 0 Å². The Kier molecular flexibility index (Phi) is 13.5. The van der Waals surface area contributed by atoms with E-state index in [0.717, 1.165) is 128 Å². The van der Waals surface area contributed by atoms with Crippen LogP contribution in [0.1, 0.15) is 142 Å². The summed E-state index contributed by atoms with van der Waals surface area (Å²) in [6.07, 6.45) is 15.4. The van der Waals surface area contributed by atoms with Gasteiger partial charge in [0.15, 0.2) is 12.2 Å². The van der Waals surface area contributed by atoms with Crippen molar-refractivity contribution in [1.29, 1.82) is 0 Å². The summed E-state index contributed by atoms with van der Waals surface area (Å²) in [5.41, 5.74) is -0.620. The molecule has 0 aromatic rings. The monoisotopic (exact) mass is 630 g/mol. The van der Waals surface area contributed by atoms with E-state index in [9.17, 15) is 9.59 Å². The number of carbonyl (C=O) groups excluding carboxylic acids is 2. The van der Waals surface area contributed by atoms with Gasteiger partial charge in [-0.2, -0.15) is 0 Å². The molecular weight excluding hydrogens is 574 g/mol. The average molecular weight is 631 g/mol. The van der Waals surface area contributed by atoms with Crippen LogP contribution in [-0.2, 0) is 37.2 Å². The van der Waals surface area contributed by atoms with Gasteiger partial charge < -0.3 is 18.5 Å². The van der Waals surface area contributed by atoms with E-state index in [1.54, 1.807) is 13.8 Å². The molecule has 0 radical (unpaired) electrons.